The zero-order valence-electron chi connectivity index (χ0n) is 9.41. The van der Waals surface area contributed by atoms with Crippen LogP contribution in [0.25, 0.3) is 0 Å². The smallest absolute Gasteiger partial charge is 0.317 e. The van der Waals surface area contributed by atoms with Crippen molar-refractivity contribution in [1.29, 1.82) is 0 Å². The summed E-state index contributed by atoms with van der Waals surface area (Å²) >= 11 is 0. The molecule has 2 amide bonds. The van der Waals surface area contributed by atoms with Gasteiger partial charge in [-0.15, -0.1) is 0 Å². The van der Waals surface area contributed by atoms with E-state index < -0.39 is 0 Å². The molecule has 2 fully saturated rings. The highest BCUT2D eigenvalue weighted by Crippen LogP contribution is 2.36. The standard InChI is InChI=1S/C11H21N3O/c1-2-3-4-13-11(15)14-7-8-5-9(12)10(14)6-8/h8-10H,2-7,12H2,1H3,(H,13,15). The summed E-state index contributed by atoms with van der Waals surface area (Å²) in [5.41, 5.74) is 5.98. The zero-order valence-corrected chi connectivity index (χ0v) is 9.41. The number of hydrogen-bond donors (Lipinski definition) is 2. The van der Waals surface area contributed by atoms with Gasteiger partial charge in [-0.1, -0.05) is 13.3 Å². The predicted molar refractivity (Wildman–Crippen MR) is 59.5 cm³/mol. The largest absolute Gasteiger partial charge is 0.338 e. The number of nitrogens with two attached hydrogens (primary N) is 1. The summed E-state index contributed by atoms with van der Waals surface area (Å²) in [5.74, 6) is 0.655. The normalized spacial score (nSPS) is 33.5. The molecule has 2 bridgehead atoms. The van der Waals surface area contributed by atoms with E-state index in [1.54, 1.807) is 0 Å². The lowest BCUT2D eigenvalue weighted by atomic mass is 10.1. The van der Waals surface area contributed by atoms with Gasteiger partial charge < -0.3 is 16.0 Å². The topological polar surface area (TPSA) is 58.4 Å². The highest BCUT2D eigenvalue weighted by molar-refractivity contribution is 5.75. The third-order valence-corrected chi connectivity index (χ3v) is 3.60. The molecule has 0 radical (unpaired) electrons. The van der Waals surface area contributed by atoms with Gasteiger partial charge in [0.15, 0.2) is 0 Å². The fourth-order valence-corrected chi connectivity index (χ4v) is 2.78. The molecule has 3 atom stereocenters. The van der Waals surface area contributed by atoms with Crippen LogP contribution >= 0.6 is 0 Å². The first-order valence-corrected chi connectivity index (χ1v) is 6.02. The molecule has 1 aliphatic carbocycles. The lowest BCUT2D eigenvalue weighted by Gasteiger charge is -2.31. The molecule has 2 rings (SSSR count). The van der Waals surface area contributed by atoms with Crippen LogP contribution in [0.5, 0.6) is 0 Å². The van der Waals surface area contributed by atoms with E-state index >= 15 is 0 Å². The average molecular weight is 211 g/mol. The second-order valence-corrected chi connectivity index (χ2v) is 4.81. The molecular formula is C11H21N3O. The Morgan fingerprint density at radius 3 is 2.93 bits per heavy atom. The van der Waals surface area contributed by atoms with Gasteiger partial charge in [-0.05, 0) is 25.2 Å². The van der Waals surface area contributed by atoms with Gasteiger partial charge in [-0.3, -0.25) is 0 Å². The van der Waals surface area contributed by atoms with Gasteiger partial charge in [-0.2, -0.15) is 0 Å². The maximum Gasteiger partial charge on any atom is 0.317 e. The maximum atomic E-state index is 11.8. The molecular weight excluding hydrogens is 190 g/mol. The molecule has 1 heterocycles. The average Bonchev–Trinajstić information content (AvgIpc) is 2.76. The Bertz CT molecular complexity index is 244. The summed E-state index contributed by atoms with van der Waals surface area (Å²) in [7, 11) is 0. The second-order valence-electron chi connectivity index (χ2n) is 4.81. The third-order valence-electron chi connectivity index (χ3n) is 3.60. The number of nitrogens with zero attached hydrogens (tertiary/aromatic N) is 1. The van der Waals surface area contributed by atoms with E-state index in [1.165, 1.54) is 0 Å². The number of piperidine rings is 1. The Morgan fingerprint density at radius 2 is 2.33 bits per heavy atom. The summed E-state index contributed by atoms with van der Waals surface area (Å²) in [6.07, 6.45) is 4.39. The van der Waals surface area contributed by atoms with Gasteiger partial charge in [0.1, 0.15) is 0 Å². The van der Waals surface area contributed by atoms with E-state index in [0.717, 1.165) is 38.8 Å². The minimum Gasteiger partial charge on any atom is -0.338 e. The number of fused-ring (bicyclic) bond motifs is 2. The quantitative estimate of drug-likeness (QED) is 0.682. The zero-order chi connectivity index (χ0) is 10.8. The minimum absolute atomic E-state index is 0.0890. The molecule has 4 nitrogen and oxygen atoms in total. The number of likely N-dealkylation sites (tertiary alicyclic amines) is 1. The number of unbranched alkanes of at least 4 members (excludes halogenated alkanes) is 1. The number of carbonyl (C=O) groups is 1. The predicted octanol–water partition coefficient (Wildman–Crippen LogP) is 0.918. The van der Waals surface area contributed by atoms with Crippen molar-refractivity contribution in [3.63, 3.8) is 0 Å². The van der Waals surface area contributed by atoms with E-state index in [2.05, 4.69) is 12.2 Å². The lowest BCUT2D eigenvalue weighted by Crippen LogP contribution is -2.51. The molecule has 86 valence electrons. The van der Waals surface area contributed by atoms with Crippen LogP contribution in [0, 0.1) is 5.92 Å². The van der Waals surface area contributed by atoms with Crippen LogP contribution in [0.3, 0.4) is 0 Å². The molecule has 1 saturated heterocycles. The minimum atomic E-state index is 0.0890. The first kappa shape index (κ1) is 10.7. The van der Waals surface area contributed by atoms with Crippen molar-refractivity contribution in [2.24, 2.45) is 11.7 Å². The monoisotopic (exact) mass is 211 g/mol. The Labute approximate surface area is 91.2 Å². The van der Waals surface area contributed by atoms with Crippen LogP contribution in [0.2, 0.25) is 0 Å². The first-order valence-electron chi connectivity index (χ1n) is 6.02. The van der Waals surface area contributed by atoms with E-state index in [1.807, 2.05) is 4.90 Å². The van der Waals surface area contributed by atoms with Crippen molar-refractivity contribution in [2.75, 3.05) is 13.1 Å². The molecule has 0 aromatic carbocycles. The van der Waals surface area contributed by atoms with Gasteiger partial charge >= 0.3 is 6.03 Å². The van der Waals surface area contributed by atoms with Crippen molar-refractivity contribution in [3.8, 4) is 0 Å². The number of hydrogen-bond acceptors (Lipinski definition) is 2. The molecule has 1 saturated carbocycles. The second kappa shape index (κ2) is 4.39. The summed E-state index contributed by atoms with van der Waals surface area (Å²) in [6, 6.07) is 0.600. The Morgan fingerprint density at radius 1 is 1.53 bits per heavy atom. The number of nitrogens with one attached hydrogen (secondary N) is 1. The summed E-state index contributed by atoms with van der Waals surface area (Å²) in [6.45, 7) is 3.83. The molecule has 1 aliphatic heterocycles. The van der Waals surface area contributed by atoms with Crippen LogP contribution in [-0.4, -0.2) is 36.1 Å². The van der Waals surface area contributed by atoms with Crippen molar-refractivity contribution in [3.05, 3.63) is 0 Å². The van der Waals surface area contributed by atoms with Crippen molar-refractivity contribution < 1.29 is 4.79 Å². The van der Waals surface area contributed by atoms with Crippen LogP contribution in [0.4, 0.5) is 4.79 Å². The molecule has 3 unspecified atom stereocenters. The molecule has 2 aliphatic rings. The number of amides is 2. The number of rotatable bonds is 3. The van der Waals surface area contributed by atoms with Gasteiger partial charge in [0, 0.05) is 25.2 Å². The summed E-state index contributed by atoms with van der Waals surface area (Å²) < 4.78 is 0. The molecule has 3 N–H and O–H groups in total. The SMILES string of the molecule is CCCCNC(=O)N1CC2CC(N)C1C2. The van der Waals surface area contributed by atoms with Gasteiger partial charge in [0.25, 0.3) is 0 Å². The van der Waals surface area contributed by atoms with Crippen molar-refractivity contribution in [2.45, 2.75) is 44.7 Å². The van der Waals surface area contributed by atoms with Crippen molar-refractivity contribution >= 4 is 6.03 Å². The van der Waals surface area contributed by atoms with Crippen molar-refractivity contribution in [1.82, 2.24) is 10.2 Å². The summed E-state index contributed by atoms with van der Waals surface area (Å²) in [4.78, 5) is 13.8. The van der Waals surface area contributed by atoms with Crippen LogP contribution in [-0.2, 0) is 0 Å². The molecule has 4 heteroatoms. The first-order chi connectivity index (χ1) is 7.22. The molecule has 15 heavy (non-hydrogen) atoms. The van der Waals surface area contributed by atoms with Gasteiger partial charge in [0.2, 0.25) is 0 Å². The third kappa shape index (κ3) is 2.09. The summed E-state index contributed by atoms with van der Waals surface area (Å²) in [5, 5.41) is 2.96. The molecule has 0 spiro atoms. The highest BCUT2D eigenvalue weighted by atomic mass is 16.2. The van der Waals surface area contributed by atoms with Gasteiger partial charge in [-0.25, -0.2) is 4.79 Å². The van der Waals surface area contributed by atoms with E-state index in [9.17, 15) is 4.79 Å². The maximum absolute atomic E-state index is 11.8. The Kier molecular flexibility index (Phi) is 3.14. The molecule has 0 aromatic heterocycles. The molecule has 0 aromatic rings. The van der Waals surface area contributed by atoms with E-state index in [-0.39, 0.29) is 12.1 Å². The Hall–Kier alpha value is -0.770. The highest BCUT2D eigenvalue weighted by Gasteiger charge is 2.45. The Balaban J connectivity index is 1.81. The van der Waals surface area contributed by atoms with E-state index in [4.69, 9.17) is 5.73 Å². The lowest BCUT2D eigenvalue weighted by molar-refractivity contribution is 0.173. The van der Waals surface area contributed by atoms with Crippen LogP contribution in [0.1, 0.15) is 32.6 Å². The fourth-order valence-electron chi connectivity index (χ4n) is 2.78. The number of urea groups is 1. The van der Waals surface area contributed by atoms with Gasteiger partial charge in [0.05, 0.1) is 0 Å². The van der Waals surface area contributed by atoms with Crippen LogP contribution < -0.4 is 11.1 Å². The van der Waals surface area contributed by atoms with Crippen LogP contribution in [0.15, 0.2) is 0 Å². The number of carbonyl (C=O) groups excluding carboxylic acids is 1. The fraction of sp³-hybridized carbons (Fsp3) is 0.909. The van der Waals surface area contributed by atoms with E-state index in [0.29, 0.717) is 12.0 Å².